The summed E-state index contributed by atoms with van der Waals surface area (Å²) >= 11 is 4.81. The first-order chi connectivity index (χ1) is 10.1. The first kappa shape index (κ1) is 14.6. The molecule has 1 heterocycles. The first-order valence-corrected chi connectivity index (χ1v) is 8.38. The number of nitrogens with zero attached hydrogens (tertiary/aromatic N) is 1. The van der Waals surface area contributed by atoms with Crippen LogP contribution in [-0.2, 0) is 9.59 Å². The molecule has 1 unspecified atom stereocenters. The van der Waals surface area contributed by atoms with Crippen LogP contribution in [0.15, 0.2) is 40.9 Å². The second kappa shape index (κ2) is 5.81. The van der Waals surface area contributed by atoms with Crippen molar-refractivity contribution in [1.29, 1.82) is 0 Å². The maximum absolute atomic E-state index is 12.3. The second-order valence-corrected chi connectivity index (χ2v) is 7.38. The third kappa shape index (κ3) is 2.85. The van der Waals surface area contributed by atoms with Crippen LogP contribution in [0.3, 0.4) is 0 Å². The quantitative estimate of drug-likeness (QED) is 0.809. The van der Waals surface area contributed by atoms with Crippen molar-refractivity contribution in [2.45, 2.75) is 18.6 Å². The standard InChI is InChI=1S/C16H14BrNO2S/c1-10(19)21-11-8-16(20)18(9-11)15-7-6-14(17)12-4-2-3-5-13(12)15/h2-7,11H,8-9H2,1H3. The summed E-state index contributed by atoms with van der Waals surface area (Å²) in [6.45, 7) is 2.14. The van der Waals surface area contributed by atoms with Gasteiger partial charge in [-0.1, -0.05) is 52.0 Å². The smallest absolute Gasteiger partial charge is 0.228 e. The summed E-state index contributed by atoms with van der Waals surface area (Å²) in [5, 5.41) is 2.26. The Morgan fingerprint density at radius 2 is 1.95 bits per heavy atom. The van der Waals surface area contributed by atoms with Crippen molar-refractivity contribution >= 4 is 55.2 Å². The number of thioether (sulfide) groups is 1. The molecule has 2 aromatic carbocycles. The van der Waals surface area contributed by atoms with Crippen molar-refractivity contribution in [3.63, 3.8) is 0 Å². The molecule has 2 aromatic rings. The Balaban J connectivity index is 2.00. The molecule has 21 heavy (non-hydrogen) atoms. The highest BCUT2D eigenvalue weighted by atomic mass is 79.9. The molecule has 0 radical (unpaired) electrons. The van der Waals surface area contributed by atoms with E-state index in [2.05, 4.69) is 15.9 Å². The summed E-state index contributed by atoms with van der Waals surface area (Å²) in [7, 11) is 0. The number of carbonyl (C=O) groups excluding carboxylic acids is 2. The lowest BCUT2D eigenvalue weighted by molar-refractivity contribution is -0.117. The molecule has 1 fully saturated rings. The molecule has 3 nitrogen and oxygen atoms in total. The number of anilines is 1. The Labute approximate surface area is 135 Å². The van der Waals surface area contributed by atoms with Gasteiger partial charge in [0.1, 0.15) is 0 Å². The van der Waals surface area contributed by atoms with Crippen LogP contribution in [0.2, 0.25) is 0 Å². The maximum Gasteiger partial charge on any atom is 0.228 e. The van der Waals surface area contributed by atoms with Gasteiger partial charge in [-0.25, -0.2) is 0 Å². The highest BCUT2D eigenvalue weighted by Gasteiger charge is 2.32. The average Bonchev–Trinajstić information content (AvgIpc) is 2.79. The highest BCUT2D eigenvalue weighted by Crippen LogP contribution is 2.36. The Bertz CT molecular complexity index is 731. The van der Waals surface area contributed by atoms with Crippen LogP contribution in [0, 0.1) is 0 Å². The Kier molecular flexibility index (Phi) is 4.04. The van der Waals surface area contributed by atoms with Crippen molar-refractivity contribution in [3.05, 3.63) is 40.9 Å². The first-order valence-electron chi connectivity index (χ1n) is 6.71. The van der Waals surface area contributed by atoms with Crippen LogP contribution in [0.1, 0.15) is 13.3 Å². The average molecular weight is 364 g/mol. The van der Waals surface area contributed by atoms with E-state index < -0.39 is 0 Å². The summed E-state index contributed by atoms with van der Waals surface area (Å²) in [4.78, 5) is 25.3. The third-order valence-electron chi connectivity index (χ3n) is 3.56. The minimum atomic E-state index is 0.0532. The molecule has 1 aliphatic heterocycles. The normalized spacial score (nSPS) is 18.5. The number of amides is 1. The summed E-state index contributed by atoms with van der Waals surface area (Å²) in [5.74, 6) is 0.0845. The van der Waals surface area contributed by atoms with Crippen molar-refractivity contribution in [2.24, 2.45) is 0 Å². The molecule has 1 amide bonds. The molecule has 0 aliphatic carbocycles. The van der Waals surface area contributed by atoms with Gasteiger partial charge in [-0.05, 0) is 17.5 Å². The number of carbonyl (C=O) groups is 2. The Morgan fingerprint density at radius 3 is 2.67 bits per heavy atom. The lowest BCUT2D eigenvalue weighted by Crippen LogP contribution is -2.25. The van der Waals surface area contributed by atoms with Crippen molar-refractivity contribution in [2.75, 3.05) is 11.4 Å². The molecular weight excluding hydrogens is 350 g/mol. The monoisotopic (exact) mass is 363 g/mol. The predicted octanol–water partition coefficient (Wildman–Crippen LogP) is 3.99. The number of hydrogen-bond acceptors (Lipinski definition) is 3. The lowest BCUT2D eigenvalue weighted by atomic mass is 10.1. The van der Waals surface area contributed by atoms with Crippen LogP contribution in [0.4, 0.5) is 5.69 Å². The van der Waals surface area contributed by atoms with Crippen LogP contribution < -0.4 is 4.90 Å². The van der Waals surface area contributed by atoms with Crippen LogP contribution in [0.25, 0.3) is 10.8 Å². The molecular formula is C16H14BrNO2S. The van der Waals surface area contributed by atoms with Gasteiger partial charge in [0, 0.05) is 35.0 Å². The maximum atomic E-state index is 12.3. The van der Waals surface area contributed by atoms with Gasteiger partial charge in [0.05, 0.1) is 5.69 Å². The van der Waals surface area contributed by atoms with Gasteiger partial charge in [0.25, 0.3) is 0 Å². The highest BCUT2D eigenvalue weighted by molar-refractivity contribution is 9.10. The summed E-state index contributed by atoms with van der Waals surface area (Å²) in [5.41, 5.74) is 0.922. The van der Waals surface area contributed by atoms with E-state index in [1.165, 1.54) is 11.8 Å². The van der Waals surface area contributed by atoms with Crippen molar-refractivity contribution in [3.8, 4) is 0 Å². The molecule has 0 bridgehead atoms. The van der Waals surface area contributed by atoms with Gasteiger partial charge in [-0.3, -0.25) is 9.59 Å². The van der Waals surface area contributed by atoms with E-state index in [1.54, 1.807) is 11.8 Å². The summed E-state index contributed by atoms with van der Waals surface area (Å²) < 4.78 is 1.02. The molecule has 0 spiro atoms. The number of rotatable bonds is 2. The van der Waals surface area contributed by atoms with E-state index in [4.69, 9.17) is 0 Å². The van der Waals surface area contributed by atoms with E-state index in [0.717, 1.165) is 20.9 Å². The lowest BCUT2D eigenvalue weighted by Gasteiger charge is -2.19. The fourth-order valence-electron chi connectivity index (χ4n) is 2.70. The minimum Gasteiger partial charge on any atom is -0.311 e. The zero-order chi connectivity index (χ0) is 15.0. The summed E-state index contributed by atoms with van der Waals surface area (Å²) in [6.07, 6.45) is 0.425. The molecule has 108 valence electrons. The van der Waals surface area contributed by atoms with Crippen LogP contribution in [0.5, 0.6) is 0 Å². The zero-order valence-electron chi connectivity index (χ0n) is 11.5. The van der Waals surface area contributed by atoms with Crippen molar-refractivity contribution < 1.29 is 9.59 Å². The van der Waals surface area contributed by atoms with Gasteiger partial charge in [-0.2, -0.15) is 0 Å². The molecule has 1 atom stereocenters. The molecule has 3 rings (SSSR count). The van der Waals surface area contributed by atoms with Gasteiger partial charge < -0.3 is 4.90 Å². The molecule has 5 heteroatoms. The van der Waals surface area contributed by atoms with Gasteiger partial charge in [0.2, 0.25) is 5.91 Å². The van der Waals surface area contributed by atoms with E-state index >= 15 is 0 Å². The third-order valence-corrected chi connectivity index (χ3v) is 5.23. The number of hydrogen-bond donors (Lipinski definition) is 0. The van der Waals surface area contributed by atoms with E-state index in [1.807, 2.05) is 36.4 Å². The Morgan fingerprint density at radius 1 is 1.24 bits per heavy atom. The van der Waals surface area contributed by atoms with Gasteiger partial charge in [0.15, 0.2) is 5.12 Å². The Hall–Kier alpha value is -1.33. The molecule has 1 aliphatic rings. The predicted molar refractivity (Wildman–Crippen MR) is 90.7 cm³/mol. The second-order valence-electron chi connectivity index (χ2n) is 5.05. The topological polar surface area (TPSA) is 37.4 Å². The minimum absolute atomic E-state index is 0.0532. The van der Waals surface area contributed by atoms with Gasteiger partial charge in [-0.15, -0.1) is 0 Å². The van der Waals surface area contributed by atoms with Crippen LogP contribution >= 0.6 is 27.7 Å². The molecule has 0 saturated carbocycles. The number of fused-ring (bicyclic) bond motifs is 1. The number of halogens is 1. The zero-order valence-corrected chi connectivity index (χ0v) is 13.9. The SMILES string of the molecule is CC(=O)SC1CC(=O)N(c2ccc(Br)c3ccccc23)C1. The van der Waals surface area contributed by atoms with E-state index in [-0.39, 0.29) is 16.3 Å². The molecule has 0 N–H and O–H groups in total. The number of benzene rings is 2. The van der Waals surface area contributed by atoms with Gasteiger partial charge >= 0.3 is 0 Å². The fraction of sp³-hybridized carbons (Fsp3) is 0.250. The summed E-state index contributed by atoms with van der Waals surface area (Å²) in [6, 6.07) is 11.9. The largest absolute Gasteiger partial charge is 0.311 e. The van der Waals surface area contributed by atoms with Crippen LogP contribution in [-0.4, -0.2) is 22.8 Å². The fourth-order valence-corrected chi connectivity index (χ4v) is 4.10. The van der Waals surface area contributed by atoms with E-state index in [9.17, 15) is 9.59 Å². The van der Waals surface area contributed by atoms with Crippen molar-refractivity contribution in [1.82, 2.24) is 0 Å². The van der Waals surface area contributed by atoms with E-state index in [0.29, 0.717) is 13.0 Å². The molecule has 1 saturated heterocycles. The molecule has 0 aromatic heterocycles.